The Kier molecular flexibility index (Phi) is 4.81. The minimum absolute atomic E-state index is 0.538. The van der Waals surface area contributed by atoms with Crippen LogP contribution in [-0.4, -0.2) is 20.0 Å². The normalized spacial score (nSPS) is 17.7. The number of ether oxygens (including phenoxy) is 2. The maximum Gasteiger partial charge on any atom is 0.160 e. The monoisotopic (exact) mass is 266 g/mol. The number of thiol groups is 1. The van der Waals surface area contributed by atoms with Crippen molar-refractivity contribution >= 4 is 12.6 Å². The van der Waals surface area contributed by atoms with Crippen molar-refractivity contribution in [2.45, 2.75) is 31.6 Å². The van der Waals surface area contributed by atoms with Crippen LogP contribution in [0.5, 0.6) is 11.5 Å². The first-order chi connectivity index (χ1) is 8.80. The predicted molar refractivity (Wildman–Crippen MR) is 78.1 cm³/mol. The van der Waals surface area contributed by atoms with Crippen molar-refractivity contribution in [2.75, 3.05) is 20.0 Å². The lowest BCUT2D eigenvalue weighted by Gasteiger charge is -2.23. The Balaban J connectivity index is 2.24. The molecule has 0 aliphatic heterocycles. The van der Waals surface area contributed by atoms with Gasteiger partial charge < -0.3 is 9.47 Å². The molecule has 1 aliphatic carbocycles. The van der Waals surface area contributed by atoms with Gasteiger partial charge in [0.25, 0.3) is 0 Å². The molecule has 1 saturated carbocycles. The summed E-state index contributed by atoms with van der Waals surface area (Å²) in [5.41, 5.74) is 1.33. The van der Waals surface area contributed by atoms with Crippen LogP contribution in [0, 0.1) is 5.92 Å². The number of hydrogen-bond acceptors (Lipinski definition) is 3. The Morgan fingerprint density at radius 2 is 1.83 bits per heavy atom. The highest BCUT2D eigenvalue weighted by Gasteiger charge is 2.25. The molecule has 2 rings (SSSR count). The van der Waals surface area contributed by atoms with Crippen molar-refractivity contribution < 1.29 is 9.47 Å². The van der Waals surface area contributed by atoms with Crippen LogP contribution < -0.4 is 9.47 Å². The SMILES string of the molecule is COc1ccc(C(CS)C2CCCC2)cc1OC. The van der Waals surface area contributed by atoms with Crippen LogP contribution in [0.15, 0.2) is 18.2 Å². The Hall–Kier alpha value is -0.830. The van der Waals surface area contributed by atoms with E-state index < -0.39 is 0 Å². The summed E-state index contributed by atoms with van der Waals surface area (Å²) in [6.45, 7) is 0. The third-order valence-electron chi connectivity index (χ3n) is 4.00. The average Bonchev–Trinajstić information content (AvgIpc) is 2.93. The van der Waals surface area contributed by atoms with E-state index in [4.69, 9.17) is 9.47 Å². The second-order valence-corrected chi connectivity index (χ2v) is 5.31. The first-order valence-electron chi connectivity index (χ1n) is 6.63. The highest BCUT2D eigenvalue weighted by molar-refractivity contribution is 7.80. The van der Waals surface area contributed by atoms with E-state index >= 15 is 0 Å². The van der Waals surface area contributed by atoms with Gasteiger partial charge >= 0.3 is 0 Å². The van der Waals surface area contributed by atoms with Crippen LogP contribution in [0.4, 0.5) is 0 Å². The maximum absolute atomic E-state index is 5.38. The van der Waals surface area contributed by atoms with E-state index in [0.717, 1.165) is 23.2 Å². The molecule has 0 amide bonds. The van der Waals surface area contributed by atoms with E-state index in [1.54, 1.807) is 14.2 Å². The van der Waals surface area contributed by atoms with Gasteiger partial charge in [-0.15, -0.1) is 0 Å². The molecule has 0 aromatic heterocycles. The summed E-state index contributed by atoms with van der Waals surface area (Å²) < 4.78 is 10.7. The largest absolute Gasteiger partial charge is 0.493 e. The molecule has 100 valence electrons. The van der Waals surface area contributed by atoms with Crippen LogP contribution in [0.25, 0.3) is 0 Å². The summed E-state index contributed by atoms with van der Waals surface area (Å²) in [6.07, 6.45) is 5.39. The number of hydrogen-bond donors (Lipinski definition) is 1. The molecular formula is C15H22O2S. The molecule has 0 bridgehead atoms. The Bertz CT molecular complexity index is 386. The molecule has 0 heterocycles. The minimum atomic E-state index is 0.538. The van der Waals surface area contributed by atoms with Gasteiger partial charge in [0.1, 0.15) is 0 Å². The van der Waals surface area contributed by atoms with E-state index in [1.807, 2.05) is 6.07 Å². The predicted octanol–water partition coefficient (Wildman–Crippen LogP) is 3.91. The van der Waals surface area contributed by atoms with Gasteiger partial charge in [-0.05, 0) is 48.1 Å². The minimum Gasteiger partial charge on any atom is -0.493 e. The third-order valence-corrected chi connectivity index (χ3v) is 4.39. The topological polar surface area (TPSA) is 18.5 Å². The average molecular weight is 266 g/mol. The van der Waals surface area contributed by atoms with Crippen molar-refractivity contribution in [1.29, 1.82) is 0 Å². The van der Waals surface area contributed by atoms with Crippen molar-refractivity contribution in [2.24, 2.45) is 5.92 Å². The lowest BCUT2D eigenvalue weighted by Crippen LogP contribution is -2.11. The summed E-state index contributed by atoms with van der Waals surface area (Å²) >= 11 is 4.54. The highest BCUT2D eigenvalue weighted by Crippen LogP contribution is 2.40. The zero-order valence-corrected chi connectivity index (χ0v) is 12.1. The van der Waals surface area contributed by atoms with E-state index in [2.05, 4.69) is 24.8 Å². The smallest absolute Gasteiger partial charge is 0.160 e. The van der Waals surface area contributed by atoms with Crippen LogP contribution in [0.2, 0.25) is 0 Å². The molecule has 1 aromatic rings. The molecule has 3 heteroatoms. The summed E-state index contributed by atoms with van der Waals surface area (Å²) in [5, 5.41) is 0. The molecule has 1 fully saturated rings. The number of methoxy groups -OCH3 is 2. The van der Waals surface area contributed by atoms with E-state index in [9.17, 15) is 0 Å². The van der Waals surface area contributed by atoms with Crippen LogP contribution in [0.3, 0.4) is 0 Å². The lowest BCUT2D eigenvalue weighted by molar-refractivity contribution is 0.353. The van der Waals surface area contributed by atoms with Crippen LogP contribution >= 0.6 is 12.6 Å². The first kappa shape index (κ1) is 13.6. The summed E-state index contributed by atoms with van der Waals surface area (Å²) in [6, 6.07) is 6.26. The molecule has 0 saturated heterocycles. The Morgan fingerprint density at radius 1 is 1.17 bits per heavy atom. The zero-order valence-electron chi connectivity index (χ0n) is 11.2. The molecule has 0 N–H and O–H groups in total. The summed E-state index contributed by atoms with van der Waals surface area (Å²) in [5.74, 6) is 3.83. The molecule has 18 heavy (non-hydrogen) atoms. The molecule has 0 spiro atoms. The van der Waals surface area contributed by atoms with Crippen molar-refractivity contribution in [3.05, 3.63) is 23.8 Å². The standard InChI is InChI=1S/C15H22O2S/c1-16-14-8-7-12(9-15(14)17-2)13(10-18)11-5-3-4-6-11/h7-9,11,13,18H,3-6,10H2,1-2H3. The Labute approximate surface area is 115 Å². The molecular weight excluding hydrogens is 244 g/mol. The first-order valence-corrected chi connectivity index (χ1v) is 7.26. The fourth-order valence-electron chi connectivity index (χ4n) is 2.97. The van der Waals surface area contributed by atoms with Gasteiger partial charge in [-0.3, -0.25) is 0 Å². The highest BCUT2D eigenvalue weighted by atomic mass is 32.1. The molecule has 1 aliphatic rings. The van der Waals surface area contributed by atoms with Gasteiger partial charge in [-0.25, -0.2) is 0 Å². The molecule has 1 aromatic carbocycles. The maximum atomic E-state index is 5.38. The van der Waals surface area contributed by atoms with Gasteiger partial charge in [0, 0.05) is 0 Å². The van der Waals surface area contributed by atoms with Gasteiger partial charge in [-0.1, -0.05) is 18.9 Å². The Morgan fingerprint density at radius 3 is 2.39 bits per heavy atom. The van der Waals surface area contributed by atoms with Crippen LogP contribution in [-0.2, 0) is 0 Å². The number of rotatable bonds is 5. The quantitative estimate of drug-likeness (QED) is 0.815. The van der Waals surface area contributed by atoms with Gasteiger partial charge in [0.15, 0.2) is 11.5 Å². The van der Waals surface area contributed by atoms with Crippen molar-refractivity contribution in [3.63, 3.8) is 0 Å². The van der Waals surface area contributed by atoms with E-state index in [-0.39, 0.29) is 0 Å². The fraction of sp³-hybridized carbons (Fsp3) is 0.600. The molecule has 2 nitrogen and oxygen atoms in total. The second kappa shape index (κ2) is 6.37. The van der Waals surface area contributed by atoms with Gasteiger partial charge in [-0.2, -0.15) is 12.6 Å². The van der Waals surface area contributed by atoms with E-state index in [1.165, 1.54) is 31.2 Å². The summed E-state index contributed by atoms with van der Waals surface area (Å²) in [7, 11) is 3.36. The van der Waals surface area contributed by atoms with Gasteiger partial charge in [0.05, 0.1) is 14.2 Å². The molecule has 0 radical (unpaired) electrons. The van der Waals surface area contributed by atoms with Crippen molar-refractivity contribution in [3.8, 4) is 11.5 Å². The number of benzene rings is 1. The fourth-order valence-corrected chi connectivity index (χ4v) is 3.48. The lowest BCUT2D eigenvalue weighted by atomic mass is 9.86. The third kappa shape index (κ3) is 2.77. The zero-order chi connectivity index (χ0) is 13.0. The molecule has 1 unspecified atom stereocenters. The second-order valence-electron chi connectivity index (χ2n) is 4.95. The van der Waals surface area contributed by atoms with E-state index in [0.29, 0.717) is 5.92 Å². The van der Waals surface area contributed by atoms with Crippen molar-refractivity contribution in [1.82, 2.24) is 0 Å². The van der Waals surface area contributed by atoms with Crippen LogP contribution in [0.1, 0.15) is 37.2 Å². The van der Waals surface area contributed by atoms with Gasteiger partial charge in [0.2, 0.25) is 0 Å². The molecule has 1 atom stereocenters. The summed E-state index contributed by atoms with van der Waals surface area (Å²) in [4.78, 5) is 0.